The van der Waals surface area contributed by atoms with Crippen LogP contribution in [0.4, 0.5) is 17.5 Å². The van der Waals surface area contributed by atoms with Crippen LogP contribution in [0.2, 0.25) is 0 Å². The van der Waals surface area contributed by atoms with Crippen molar-refractivity contribution in [2.75, 3.05) is 25.1 Å². The number of hydrogen-bond donors (Lipinski definition) is 2. The van der Waals surface area contributed by atoms with Crippen molar-refractivity contribution in [2.45, 2.75) is 0 Å². The van der Waals surface area contributed by atoms with E-state index in [0.29, 0.717) is 16.9 Å². The predicted octanol–water partition coefficient (Wildman–Crippen LogP) is 3.35. The lowest BCUT2D eigenvalue weighted by Crippen LogP contribution is -2.21. The van der Waals surface area contributed by atoms with Crippen LogP contribution in [0.3, 0.4) is 0 Å². The number of aromatic nitrogens is 5. The van der Waals surface area contributed by atoms with Crippen LogP contribution in [0.1, 0.15) is 14.6 Å². The molecular formula is C20H24N8O2. The maximum Gasteiger partial charge on any atom is 0.320 e. The molecule has 0 bridgehead atoms. The van der Waals surface area contributed by atoms with Gasteiger partial charge in [0.15, 0.2) is 11.5 Å². The number of amides is 1. The van der Waals surface area contributed by atoms with E-state index >= 15 is 0 Å². The molecule has 0 saturated carbocycles. The van der Waals surface area contributed by atoms with Gasteiger partial charge in [-0.05, 0) is 24.3 Å². The Kier molecular flexibility index (Phi) is 5.04. The summed E-state index contributed by atoms with van der Waals surface area (Å²) in [7, 11) is 3.41. The van der Waals surface area contributed by atoms with Crippen molar-refractivity contribution in [2.24, 2.45) is 0 Å². The van der Waals surface area contributed by atoms with Crippen molar-refractivity contribution >= 4 is 23.4 Å². The number of hydrogen-bond acceptors (Lipinski definition) is 9. The maximum atomic E-state index is 12.1. The minimum Gasteiger partial charge on any atom is -0.401 e. The Labute approximate surface area is 176 Å². The van der Waals surface area contributed by atoms with Crippen LogP contribution in [0, 0.1) is 0 Å². The van der Waals surface area contributed by atoms with Gasteiger partial charge in [0.1, 0.15) is 0 Å². The van der Waals surface area contributed by atoms with Crippen LogP contribution < -0.4 is 11.1 Å². The Morgan fingerprint density at radius 3 is 2.63 bits per heavy atom. The van der Waals surface area contributed by atoms with Gasteiger partial charge in [-0.2, -0.15) is 0 Å². The first-order valence-electron chi connectivity index (χ1n) is 8.97. The lowest BCUT2D eigenvalue weighted by Gasteiger charge is -2.10. The number of carbonyl (C=O) groups is 1. The molecule has 0 spiro atoms. The molecule has 1 amide bonds. The van der Waals surface area contributed by atoms with Crippen LogP contribution in [0.5, 0.6) is 0 Å². The number of anilines is 3. The topological polar surface area (TPSA) is 136 Å². The van der Waals surface area contributed by atoms with Crippen molar-refractivity contribution in [3.05, 3.63) is 60.6 Å². The van der Waals surface area contributed by atoms with E-state index in [9.17, 15) is 4.79 Å². The molecule has 0 saturated heterocycles. The van der Waals surface area contributed by atoms with E-state index in [1.165, 1.54) is 4.90 Å². The third kappa shape index (κ3) is 3.92. The molecule has 0 aliphatic carbocycles. The number of pyridine rings is 1. The monoisotopic (exact) mass is 408 g/mol. The third-order valence-electron chi connectivity index (χ3n) is 4.17. The van der Waals surface area contributed by atoms with Crippen molar-refractivity contribution in [1.29, 1.82) is 0 Å². The molecule has 0 radical (unpaired) electrons. The Bertz CT molecular complexity index is 1190. The summed E-state index contributed by atoms with van der Waals surface area (Å²) in [5.41, 5.74) is 8.86. The van der Waals surface area contributed by atoms with Gasteiger partial charge in [0, 0.05) is 35.7 Å². The van der Waals surface area contributed by atoms with Crippen molar-refractivity contribution < 1.29 is 13.5 Å². The lowest BCUT2D eigenvalue weighted by atomic mass is 10.1. The molecule has 10 heteroatoms. The fourth-order valence-electron chi connectivity index (χ4n) is 2.67. The highest BCUT2D eigenvalue weighted by atomic mass is 16.4. The molecule has 0 aliphatic heterocycles. The quantitative estimate of drug-likeness (QED) is 0.509. The van der Waals surface area contributed by atoms with Gasteiger partial charge in [-0.25, -0.2) is 9.97 Å². The maximum absolute atomic E-state index is 12.1. The summed E-state index contributed by atoms with van der Waals surface area (Å²) in [4.78, 5) is 26.3. The fourth-order valence-corrected chi connectivity index (χ4v) is 2.67. The van der Waals surface area contributed by atoms with Crippen molar-refractivity contribution in [3.8, 4) is 22.8 Å². The molecule has 0 fully saturated rings. The summed E-state index contributed by atoms with van der Waals surface area (Å²) in [5.74, 6) is 0.215. The van der Waals surface area contributed by atoms with Gasteiger partial charge in [-0.3, -0.25) is 9.78 Å². The first-order valence-corrected chi connectivity index (χ1v) is 8.97. The van der Waals surface area contributed by atoms with Gasteiger partial charge in [0.2, 0.25) is 0 Å². The van der Waals surface area contributed by atoms with Crippen molar-refractivity contribution in [3.63, 3.8) is 0 Å². The molecule has 3 N–H and O–H groups in total. The molecule has 30 heavy (non-hydrogen) atoms. The molecule has 4 rings (SSSR count). The number of nitrogens with zero attached hydrogens (tertiary/aromatic N) is 6. The number of carbonyl (C=O) groups excluding carboxylic acids is 1. The number of benzene rings is 1. The summed E-state index contributed by atoms with van der Waals surface area (Å²) >= 11 is 0. The zero-order chi connectivity index (χ0) is 21.1. The molecule has 156 valence electrons. The van der Waals surface area contributed by atoms with Gasteiger partial charge in [-0.1, -0.05) is 17.2 Å². The third-order valence-corrected chi connectivity index (χ3v) is 4.17. The summed E-state index contributed by atoms with van der Waals surface area (Å²) in [5, 5.41) is 10.9. The second-order valence-corrected chi connectivity index (χ2v) is 6.55. The number of nitrogens with two attached hydrogens (primary N) is 1. The Morgan fingerprint density at radius 2 is 1.93 bits per heavy atom. The smallest absolute Gasteiger partial charge is 0.320 e. The van der Waals surface area contributed by atoms with E-state index in [1.807, 2.05) is 6.07 Å². The zero-order valence-electron chi connectivity index (χ0n) is 16.3. The standard InChI is InChI=1S/C20H18N8O2.3H2/c1-28(2)19(29)13-7-5-12(6-8-13)15-11-23-17(21)16(25-15)18-26-27-20(30-18)24-14-4-3-9-22-10-14;;;/h3-11H,1-2H3,(H2,21,23)(H,24,27);3*1H. The van der Waals surface area contributed by atoms with Gasteiger partial charge >= 0.3 is 6.01 Å². The van der Waals surface area contributed by atoms with Gasteiger partial charge in [-0.15, -0.1) is 5.10 Å². The van der Waals surface area contributed by atoms with E-state index in [-0.39, 0.29) is 33.6 Å². The summed E-state index contributed by atoms with van der Waals surface area (Å²) in [6.07, 6.45) is 4.84. The summed E-state index contributed by atoms with van der Waals surface area (Å²) in [6, 6.07) is 10.8. The normalized spacial score (nSPS) is 10.6. The van der Waals surface area contributed by atoms with E-state index in [2.05, 4.69) is 30.5 Å². The van der Waals surface area contributed by atoms with Crippen LogP contribution in [0.15, 0.2) is 59.4 Å². The molecule has 0 unspecified atom stereocenters. The van der Waals surface area contributed by atoms with E-state index in [1.54, 1.807) is 63.0 Å². The molecule has 4 aromatic rings. The van der Waals surface area contributed by atoms with Crippen LogP contribution >= 0.6 is 0 Å². The highest BCUT2D eigenvalue weighted by molar-refractivity contribution is 5.94. The van der Waals surface area contributed by atoms with Gasteiger partial charge < -0.3 is 20.4 Å². The van der Waals surface area contributed by atoms with Crippen LogP contribution in [-0.2, 0) is 0 Å². The van der Waals surface area contributed by atoms with E-state index in [4.69, 9.17) is 10.2 Å². The molecule has 3 heterocycles. The molecule has 3 aromatic heterocycles. The van der Waals surface area contributed by atoms with Crippen LogP contribution in [-0.4, -0.2) is 50.1 Å². The molecular weight excluding hydrogens is 384 g/mol. The van der Waals surface area contributed by atoms with Gasteiger partial charge in [0.25, 0.3) is 11.8 Å². The van der Waals surface area contributed by atoms with E-state index in [0.717, 1.165) is 5.56 Å². The zero-order valence-corrected chi connectivity index (χ0v) is 16.3. The fraction of sp³-hybridized carbons (Fsp3) is 0.100. The summed E-state index contributed by atoms with van der Waals surface area (Å²) < 4.78 is 5.63. The second kappa shape index (κ2) is 7.95. The van der Waals surface area contributed by atoms with Crippen molar-refractivity contribution in [1.82, 2.24) is 30.0 Å². The predicted molar refractivity (Wildman–Crippen MR) is 117 cm³/mol. The highest BCUT2D eigenvalue weighted by Crippen LogP contribution is 2.27. The van der Waals surface area contributed by atoms with Crippen LogP contribution in [0.25, 0.3) is 22.8 Å². The lowest BCUT2D eigenvalue weighted by molar-refractivity contribution is 0.0827. The first kappa shape index (κ1) is 19.0. The largest absolute Gasteiger partial charge is 0.401 e. The number of rotatable bonds is 5. The molecule has 0 atom stereocenters. The average Bonchev–Trinajstić information content (AvgIpc) is 3.22. The Morgan fingerprint density at radius 1 is 1.13 bits per heavy atom. The number of nitrogen functional groups attached to an aromatic ring is 1. The second-order valence-electron chi connectivity index (χ2n) is 6.55. The minimum atomic E-state index is -0.0786. The Balaban J connectivity index is 0.00000181. The van der Waals surface area contributed by atoms with Gasteiger partial charge in [0.05, 0.1) is 23.8 Å². The number of nitrogens with one attached hydrogen (secondary N) is 1. The molecule has 0 aliphatic rings. The Hall–Kier alpha value is -4.34. The minimum absolute atomic E-state index is 0. The molecule has 1 aromatic carbocycles. The average molecular weight is 408 g/mol. The molecule has 10 nitrogen and oxygen atoms in total. The summed E-state index contributed by atoms with van der Waals surface area (Å²) in [6.45, 7) is 0. The first-order chi connectivity index (χ1) is 14.5. The highest BCUT2D eigenvalue weighted by Gasteiger charge is 2.16. The van der Waals surface area contributed by atoms with E-state index < -0.39 is 0 Å². The SMILES string of the molecule is CN(C)C(=O)c1ccc(-c2cnc(N)c(-c3nnc(Nc4cccnc4)o3)n2)cc1.[HH].[HH].[HH].